The molecule has 1 atom stereocenters. The van der Waals surface area contributed by atoms with Crippen LogP contribution in [0.25, 0.3) is 5.65 Å². The number of aromatic nitrogens is 2. The molecule has 0 spiro atoms. The Labute approximate surface area is 143 Å². The Morgan fingerprint density at radius 2 is 2.42 bits per heavy atom. The molecule has 1 saturated heterocycles. The monoisotopic (exact) mass is 329 g/mol. The summed E-state index contributed by atoms with van der Waals surface area (Å²) in [7, 11) is 2.10. The van der Waals surface area contributed by atoms with E-state index in [1.165, 1.54) is 0 Å². The Bertz CT molecular complexity index is 642. The minimum Gasteiger partial charge on any atom is -0.381 e. The third kappa shape index (κ3) is 4.26. The number of aliphatic imine (C=N–C) groups is 1. The maximum atomic E-state index is 5.47. The highest BCUT2D eigenvalue weighted by molar-refractivity contribution is 5.79. The smallest absolute Gasteiger partial charge is 0.193 e. The molecule has 0 amide bonds. The Morgan fingerprint density at radius 3 is 3.17 bits per heavy atom. The topological polar surface area (TPSA) is 54.2 Å². The van der Waals surface area contributed by atoms with Crippen molar-refractivity contribution in [3.63, 3.8) is 0 Å². The number of ether oxygens (including phenoxy) is 1. The molecule has 1 N–H and O–H groups in total. The van der Waals surface area contributed by atoms with Crippen LogP contribution in [0.3, 0.4) is 0 Å². The average molecular weight is 329 g/mol. The molecular formula is C18H27N5O. The predicted molar refractivity (Wildman–Crippen MR) is 96.4 cm³/mol. The summed E-state index contributed by atoms with van der Waals surface area (Å²) >= 11 is 0. The molecular weight excluding hydrogens is 302 g/mol. The van der Waals surface area contributed by atoms with Gasteiger partial charge in [0.1, 0.15) is 5.65 Å². The zero-order valence-electron chi connectivity index (χ0n) is 14.6. The van der Waals surface area contributed by atoms with Crippen molar-refractivity contribution in [1.29, 1.82) is 0 Å². The third-order valence-electron chi connectivity index (χ3n) is 4.30. The molecule has 0 saturated carbocycles. The van der Waals surface area contributed by atoms with Gasteiger partial charge in [0.2, 0.25) is 0 Å². The van der Waals surface area contributed by atoms with E-state index < -0.39 is 0 Å². The number of pyridine rings is 1. The molecule has 6 heteroatoms. The lowest BCUT2D eigenvalue weighted by Crippen LogP contribution is -2.41. The summed E-state index contributed by atoms with van der Waals surface area (Å²) in [5, 5.41) is 3.38. The van der Waals surface area contributed by atoms with Crippen LogP contribution in [-0.4, -0.2) is 60.1 Å². The zero-order chi connectivity index (χ0) is 16.8. The van der Waals surface area contributed by atoms with Crippen molar-refractivity contribution in [1.82, 2.24) is 19.6 Å². The molecule has 24 heavy (non-hydrogen) atoms. The Hall–Kier alpha value is -2.08. The van der Waals surface area contributed by atoms with Crippen molar-refractivity contribution in [2.24, 2.45) is 10.9 Å². The third-order valence-corrected chi connectivity index (χ3v) is 4.30. The number of hydrogen-bond donors (Lipinski definition) is 1. The lowest BCUT2D eigenvalue weighted by molar-refractivity contribution is 0.181. The quantitative estimate of drug-likeness (QED) is 0.649. The van der Waals surface area contributed by atoms with Crippen molar-refractivity contribution >= 4 is 11.6 Å². The molecule has 3 rings (SSSR count). The average Bonchev–Trinajstić information content (AvgIpc) is 3.22. The first-order chi connectivity index (χ1) is 11.8. The molecule has 0 aromatic carbocycles. The summed E-state index contributed by atoms with van der Waals surface area (Å²) in [5.74, 6) is 1.57. The van der Waals surface area contributed by atoms with Crippen LogP contribution in [0.15, 0.2) is 35.6 Å². The molecule has 0 aliphatic carbocycles. The number of nitrogens with zero attached hydrogens (tertiary/aromatic N) is 4. The van der Waals surface area contributed by atoms with E-state index in [2.05, 4.69) is 39.8 Å². The molecule has 1 aliphatic heterocycles. The first-order valence-corrected chi connectivity index (χ1v) is 8.76. The first kappa shape index (κ1) is 16.8. The van der Waals surface area contributed by atoms with Gasteiger partial charge in [0.25, 0.3) is 0 Å². The summed E-state index contributed by atoms with van der Waals surface area (Å²) in [6.07, 6.45) is 6.09. The fourth-order valence-corrected chi connectivity index (χ4v) is 3.05. The van der Waals surface area contributed by atoms with E-state index in [0.29, 0.717) is 5.92 Å². The van der Waals surface area contributed by atoms with Gasteiger partial charge in [-0.2, -0.15) is 0 Å². The van der Waals surface area contributed by atoms with Gasteiger partial charge in [-0.05, 0) is 25.5 Å². The second kappa shape index (κ2) is 8.15. The highest BCUT2D eigenvalue weighted by atomic mass is 16.5. The van der Waals surface area contributed by atoms with E-state index in [1.807, 2.05) is 24.4 Å². The lowest BCUT2D eigenvalue weighted by Gasteiger charge is -2.24. The Kier molecular flexibility index (Phi) is 5.69. The van der Waals surface area contributed by atoms with Crippen LogP contribution >= 0.6 is 0 Å². The van der Waals surface area contributed by atoms with Crippen LogP contribution in [-0.2, 0) is 11.2 Å². The number of hydrogen-bond acceptors (Lipinski definition) is 3. The number of nitrogens with one attached hydrogen (secondary N) is 1. The van der Waals surface area contributed by atoms with Gasteiger partial charge in [-0.15, -0.1) is 0 Å². The molecule has 3 heterocycles. The van der Waals surface area contributed by atoms with Gasteiger partial charge >= 0.3 is 0 Å². The maximum absolute atomic E-state index is 5.47. The van der Waals surface area contributed by atoms with Gasteiger partial charge in [-0.3, -0.25) is 4.99 Å². The Morgan fingerprint density at radius 1 is 1.50 bits per heavy atom. The van der Waals surface area contributed by atoms with Gasteiger partial charge in [0.15, 0.2) is 5.96 Å². The lowest BCUT2D eigenvalue weighted by atomic mass is 10.1. The van der Waals surface area contributed by atoms with E-state index in [0.717, 1.165) is 63.0 Å². The van der Waals surface area contributed by atoms with Crippen molar-refractivity contribution in [3.05, 3.63) is 36.3 Å². The second-order valence-corrected chi connectivity index (χ2v) is 6.29. The van der Waals surface area contributed by atoms with Crippen molar-refractivity contribution in [2.75, 3.05) is 39.9 Å². The fraction of sp³-hybridized carbons (Fsp3) is 0.556. The van der Waals surface area contributed by atoms with Crippen LogP contribution in [0.5, 0.6) is 0 Å². The summed E-state index contributed by atoms with van der Waals surface area (Å²) in [6.45, 7) is 6.45. The molecule has 1 fully saturated rings. The molecule has 1 aliphatic rings. The normalized spacial score (nSPS) is 18.2. The second-order valence-electron chi connectivity index (χ2n) is 6.29. The molecule has 0 radical (unpaired) electrons. The first-order valence-electron chi connectivity index (χ1n) is 8.76. The largest absolute Gasteiger partial charge is 0.381 e. The molecule has 2 aromatic heterocycles. The Balaban J connectivity index is 1.58. The summed E-state index contributed by atoms with van der Waals surface area (Å²) in [6, 6.07) is 6.05. The van der Waals surface area contributed by atoms with Gasteiger partial charge in [-0.25, -0.2) is 4.98 Å². The number of imidazole rings is 1. The SMILES string of the molecule is CCNC(=NCCc1cn2ccccc2n1)N(C)CC1CCOC1. The maximum Gasteiger partial charge on any atom is 0.193 e. The molecule has 130 valence electrons. The van der Waals surface area contributed by atoms with Crippen molar-refractivity contribution in [3.8, 4) is 0 Å². The molecule has 1 unspecified atom stereocenters. The van der Waals surface area contributed by atoms with E-state index in [4.69, 9.17) is 9.73 Å². The number of fused-ring (bicyclic) bond motifs is 1. The molecule has 6 nitrogen and oxygen atoms in total. The van der Waals surface area contributed by atoms with Crippen LogP contribution < -0.4 is 5.32 Å². The predicted octanol–water partition coefficient (Wildman–Crippen LogP) is 1.81. The zero-order valence-corrected chi connectivity index (χ0v) is 14.6. The highest BCUT2D eigenvalue weighted by Crippen LogP contribution is 2.13. The standard InChI is InChI=1S/C18H27N5O/c1-3-19-18(22(2)12-15-8-11-24-14-15)20-9-7-16-13-23-10-5-4-6-17(23)21-16/h4-6,10,13,15H,3,7-9,11-12,14H2,1-2H3,(H,19,20). The number of guanidine groups is 1. The van der Waals surface area contributed by atoms with Crippen LogP contribution in [0.4, 0.5) is 0 Å². The van der Waals surface area contributed by atoms with E-state index >= 15 is 0 Å². The van der Waals surface area contributed by atoms with E-state index in [-0.39, 0.29) is 0 Å². The highest BCUT2D eigenvalue weighted by Gasteiger charge is 2.18. The van der Waals surface area contributed by atoms with E-state index in [9.17, 15) is 0 Å². The van der Waals surface area contributed by atoms with Crippen molar-refractivity contribution < 1.29 is 4.74 Å². The fourth-order valence-electron chi connectivity index (χ4n) is 3.05. The van der Waals surface area contributed by atoms with Gasteiger partial charge in [0.05, 0.1) is 12.3 Å². The molecule has 2 aromatic rings. The minimum atomic E-state index is 0.609. The summed E-state index contributed by atoms with van der Waals surface area (Å²) in [4.78, 5) is 11.6. The number of rotatable bonds is 6. The van der Waals surface area contributed by atoms with Gasteiger partial charge in [0, 0.05) is 58.0 Å². The van der Waals surface area contributed by atoms with Gasteiger partial charge < -0.3 is 19.4 Å². The van der Waals surface area contributed by atoms with Crippen LogP contribution in [0.2, 0.25) is 0 Å². The summed E-state index contributed by atoms with van der Waals surface area (Å²) in [5.41, 5.74) is 2.06. The van der Waals surface area contributed by atoms with E-state index in [1.54, 1.807) is 0 Å². The van der Waals surface area contributed by atoms with Crippen LogP contribution in [0, 0.1) is 5.92 Å². The molecule has 0 bridgehead atoms. The minimum absolute atomic E-state index is 0.609. The van der Waals surface area contributed by atoms with Gasteiger partial charge in [-0.1, -0.05) is 6.07 Å². The summed E-state index contributed by atoms with van der Waals surface area (Å²) < 4.78 is 7.52. The van der Waals surface area contributed by atoms with Crippen molar-refractivity contribution in [2.45, 2.75) is 19.8 Å². The van der Waals surface area contributed by atoms with Crippen LogP contribution in [0.1, 0.15) is 19.0 Å².